The molecule has 1 heterocycles. The van der Waals surface area contributed by atoms with Gasteiger partial charge < -0.3 is 5.73 Å². The lowest BCUT2D eigenvalue weighted by Gasteiger charge is -2.30. The summed E-state index contributed by atoms with van der Waals surface area (Å²) in [5.41, 5.74) is 6.17. The zero-order valence-corrected chi connectivity index (χ0v) is 13.5. The standard InChI is InChI=1S/C14H22ClNS2/c1-9-4-3-5-11(8-9)17-14(10(2)16)12-6-7-13(15)18-12/h6-7,9-11,14H,3-5,8,16H2,1-2H3. The zero-order valence-electron chi connectivity index (χ0n) is 11.1. The van der Waals surface area contributed by atoms with Crippen molar-refractivity contribution in [2.45, 2.75) is 56.1 Å². The van der Waals surface area contributed by atoms with E-state index in [4.69, 9.17) is 17.3 Å². The van der Waals surface area contributed by atoms with Crippen molar-refractivity contribution in [3.63, 3.8) is 0 Å². The maximum atomic E-state index is 6.17. The highest BCUT2D eigenvalue weighted by molar-refractivity contribution is 8.00. The molecule has 4 atom stereocenters. The van der Waals surface area contributed by atoms with Crippen molar-refractivity contribution in [2.75, 3.05) is 0 Å². The van der Waals surface area contributed by atoms with Gasteiger partial charge in [0.2, 0.25) is 0 Å². The van der Waals surface area contributed by atoms with E-state index in [1.807, 2.05) is 6.07 Å². The quantitative estimate of drug-likeness (QED) is 0.837. The maximum absolute atomic E-state index is 6.17. The molecule has 0 bridgehead atoms. The first-order valence-electron chi connectivity index (χ1n) is 6.72. The second kappa shape index (κ2) is 6.65. The number of hydrogen-bond acceptors (Lipinski definition) is 3. The van der Waals surface area contributed by atoms with Crippen molar-refractivity contribution in [3.8, 4) is 0 Å². The molecule has 1 aliphatic rings. The van der Waals surface area contributed by atoms with Crippen molar-refractivity contribution < 1.29 is 0 Å². The largest absolute Gasteiger partial charge is 0.327 e. The average molecular weight is 304 g/mol. The Balaban J connectivity index is 2.02. The van der Waals surface area contributed by atoms with Gasteiger partial charge in [-0.1, -0.05) is 31.4 Å². The molecule has 1 aliphatic carbocycles. The Hall–Kier alpha value is 0.300. The van der Waals surface area contributed by atoms with Crippen LogP contribution in [0.3, 0.4) is 0 Å². The monoisotopic (exact) mass is 303 g/mol. The average Bonchev–Trinajstić information content (AvgIpc) is 2.72. The van der Waals surface area contributed by atoms with Gasteiger partial charge in [-0.15, -0.1) is 23.1 Å². The molecule has 0 aliphatic heterocycles. The van der Waals surface area contributed by atoms with Crippen LogP contribution >= 0.6 is 34.7 Å². The lowest BCUT2D eigenvalue weighted by atomic mass is 9.91. The highest BCUT2D eigenvalue weighted by Crippen LogP contribution is 2.43. The Morgan fingerprint density at radius 1 is 1.44 bits per heavy atom. The minimum atomic E-state index is 0.182. The Kier molecular flexibility index (Phi) is 5.43. The van der Waals surface area contributed by atoms with Gasteiger partial charge in [0.25, 0.3) is 0 Å². The minimum Gasteiger partial charge on any atom is -0.327 e. The molecule has 1 saturated carbocycles. The van der Waals surface area contributed by atoms with Crippen LogP contribution in [0, 0.1) is 5.92 Å². The number of thiophene rings is 1. The number of halogens is 1. The summed E-state index contributed by atoms with van der Waals surface area (Å²) in [6, 6.07) is 4.31. The lowest BCUT2D eigenvalue weighted by Crippen LogP contribution is -2.25. The Morgan fingerprint density at radius 3 is 2.78 bits per heavy atom. The van der Waals surface area contributed by atoms with E-state index in [1.165, 1.54) is 30.6 Å². The van der Waals surface area contributed by atoms with E-state index in [0.717, 1.165) is 15.5 Å². The highest BCUT2D eigenvalue weighted by Gasteiger charge is 2.26. The van der Waals surface area contributed by atoms with Gasteiger partial charge in [0.05, 0.1) is 9.59 Å². The smallest absolute Gasteiger partial charge is 0.0931 e. The van der Waals surface area contributed by atoms with Crippen LogP contribution in [0.1, 0.15) is 49.7 Å². The van der Waals surface area contributed by atoms with Gasteiger partial charge in [0, 0.05) is 16.2 Å². The van der Waals surface area contributed by atoms with E-state index in [1.54, 1.807) is 11.3 Å². The summed E-state index contributed by atoms with van der Waals surface area (Å²) in [4.78, 5) is 1.33. The molecular weight excluding hydrogens is 282 g/mol. The van der Waals surface area contributed by atoms with Gasteiger partial charge in [-0.25, -0.2) is 0 Å². The second-order valence-corrected chi connectivity index (χ2v) is 8.64. The molecule has 0 saturated heterocycles. The number of nitrogens with two attached hydrogens (primary N) is 1. The molecule has 4 heteroatoms. The van der Waals surface area contributed by atoms with Gasteiger partial charge in [-0.3, -0.25) is 0 Å². The van der Waals surface area contributed by atoms with Gasteiger partial charge in [0.15, 0.2) is 0 Å². The third-order valence-corrected chi connectivity index (χ3v) is 6.83. The minimum absolute atomic E-state index is 0.182. The van der Waals surface area contributed by atoms with E-state index in [-0.39, 0.29) is 6.04 Å². The predicted molar refractivity (Wildman–Crippen MR) is 84.7 cm³/mol. The Morgan fingerprint density at radius 2 is 2.22 bits per heavy atom. The van der Waals surface area contributed by atoms with E-state index in [0.29, 0.717) is 5.25 Å². The third-order valence-electron chi connectivity index (χ3n) is 3.58. The molecule has 2 N–H and O–H groups in total. The summed E-state index contributed by atoms with van der Waals surface area (Å²) in [6.45, 7) is 4.48. The molecule has 0 spiro atoms. The Bertz CT molecular complexity index is 378. The third kappa shape index (κ3) is 3.89. The second-order valence-electron chi connectivity index (χ2n) is 5.45. The summed E-state index contributed by atoms with van der Waals surface area (Å²) >= 11 is 9.79. The van der Waals surface area contributed by atoms with Crippen molar-refractivity contribution in [3.05, 3.63) is 21.3 Å². The van der Waals surface area contributed by atoms with E-state index >= 15 is 0 Å². The first-order chi connectivity index (χ1) is 8.56. The number of hydrogen-bond donors (Lipinski definition) is 1. The van der Waals surface area contributed by atoms with Crippen LogP contribution in [-0.4, -0.2) is 11.3 Å². The van der Waals surface area contributed by atoms with Crippen molar-refractivity contribution in [1.82, 2.24) is 0 Å². The lowest BCUT2D eigenvalue weighted by molar-refractivity contribution is 0.393. The molecule has 1 nitrogen and oxygen atoms in total. The van der Waals surface area contributed by atoms with Gasteiger partial charge in [-0.2, -0.15) is 0 Å². The Labute approximate surface area is 123 Å². The van der Waals surface area contributed by atoms with Gasteiger partial charge >= 0.3 is 0 Å². The number of thioether (sulfide) groups is 1. The topological polar surface area (TPSA) is 26.0 Å². The molecule has 4 unspecified atom stereocenters. The fourth-order valence-corrected chi connectivity index (χ4v) is 5.73. The normalized spacial score (nSPS) is 28.0. The van der Waals surface area contributed by atoms with E-state index < -0.39 is 0 Å². The molecule has 102 valence electrons. The summed E-state index contributed by atoms with van der Waals surface area (Å²) in [5, 5.41) is 1.17. The van der Waals surface area contributed by atoms with E-state index in [9.17, 15) is 0 Å². The molecule has 0 amide bonds. The van der Waals surface area contributed by atoms with Gasteiger partial charge in [0.1, 0.15) is 0 Å². The SMILES string of the molecule is CC1CCCC(SC(c2ccc(Cl)s2)C(C)N)C1. The number of rotatable bonds is 4. The fraction of sp³-hybridized carbons (Fsp3) is 0.714. The predicted octanol–water partition coefficient (Wildman–Crippen LogP) is 5.10. The summed E-state index contributed by atoms with van der Waals surface area (Å²) in [5.74, 6) is 0.872. The van der Waals surface area contributed by atoms with Crippen molar-refractivity contribution in [2.24, 2.45) is 11.7 Å². The van der Waals surface area contributed by atoms with Crippen LogP contribution in [0.4, 0.5) is 0 Å². The zero-order chi connectivity index (χ0) is 13.1. The molecule has 2 rings (SSSR count). The molecule has 0 aromatic carbocycles. The fourth-order valence-electron chi connectivity index (χ4n) is 2.64. The van der Waals surface area contributed by atoms with Crippen LogP contribution in [-0.2, 0) is 0 Å². The molecular formula is C14H22ClNS2. The van der Waals surface area contributed by atoms with Crippen LogP contribution in [0.5, 0.6) is 0 Å². The van der Waals surface area contributed by atoms with Gasteiger partial charge in [-0.05, 0) is 37.8 Å². The summed E-state index contributed by atoms with van der Waals surface area (Å²) in [7, 11) is 0. The van der Waals surface area contributed by atoms with Crippen LogP contribution < -0.4 is 5.73 Å². The summed E-state index contributed by atoms with van der Waals surface area (Å²) in [6.07, 6.45) is 5.45. The molecule has 1 aromatic heterocycles. The van der Waals surface area contributed by atoms with Crippen LogP contribution in [0.2, 0.25) is 4.34 Å². The van der Waals surface area contributed by atoms with E-state index in [2.05, 4.69) is 31.7 Å². The molecule has 0 radical (unpaired) electrons. The highest BCUT2D eigenvalue weighted by atomic mass is 35.5. The molecule has 1 aromatic rings. The van der Waals surface area contributed by atoms with Crippen LogP contribution in [0.15, 0.2) is 12.1 Å². The molecule has 1 fully saturated rings. The van der Waals surface area contributed by atoms with Crippen molar-refractivity contribution >= 4 is 34.7 Å². The maximum Gasteiger partial charge on any atom is 0.0931 e. The summed E-state index contributed by atoms with van der Waals surface area (Å²) < 4.78 is 0.869. The molecule has 18 heavy (non-hydrogen) atoms. The van der Waals surface area contributed by atoms with Crippen LogP contribution in [0.25, 0.3) is 0 Å². The first kappa shape index (κ1) is 14.7. The first-order valence-corrected chi connectivity index (χ1v) is 8.86. The van der Waals surface area contributed by atoms with Crippen molar-refractivity contribution in [1.29, 1.82) is 0 Å².